The molecule has 0 aromatic heterocycles. The molecule has 0 saturated carbocycles. The van der Waals surface area contributed by atoms with Gasteiger partial charge in [0, 0.05) is 0 Å². The summed E-state index contributed by atoms with van der Waals surface area (Å²) in [4.78, 5) is 10.6. The van der Waals surface area contributed by atoms with E-state index in [1.807, 2.05) is 6.92 Å². The lowest BCUT2D eigenvalue weighted by Crippen LogP contribution is -2.05. The second kappa shape index (κ2) is 4.43. The molecule has 0 heterocycles. The molecule has 0 radical (unpaired) electrons. The third-order valence-electron chi connectivity index (χ3n) is 2.56. The zero-order chi connectivity index (χ0) is 11.6. The molecule has 1 atom stereocenters. The van der Waals surface area contributed by atoms with E-state index in [0.717, 1.165) is 11.1 Å². The molecule has 0 saturated heterocycles. The fourth-order valence-electron chi connectivity index (χ4n) is 1.74. The van der Waals surface area contributed by atoms with Crippen molar-refractivity contribution in [3.05, 3.63) is 34.6 Å². The molecule has 15 heavy (non-hydrogen) atoms. The molecule has 1 N–H and O–H groups in total. The van der Waals surface area contributed by atoms with E-state index in [1.54, 1.807) is 19.9 Å². The van der Waals surface area contributed by atoms with E-state index in [9.17, 15) is 9.18 Å². The van der Waals surface area contributed by atoms with Gasteiger partial charge in [0.2, 0.25) is 0 Å². The molecule has 0 aliphatic carbocycles. The Kier molecular flexibility index (Phi) is 3.45. The van der Waals surface area contributed by atoms with Crippen molar-refractivity contribution in [2.45, 2.75) is 33.1 Å². The van der Waals surface area contributed by atoms with Crippen LogP contribution in [0.1, 0.15) is 36.0 Å². The fourth-order valence-corrected chi connectivity index (χ4v) is 1.74. The van der Waals surface area contributed by atoms with Crippen LogP contribution < -0.4 is 0 Å². The van der Waals surface area contributed by atoms with Gasteiger partial charge in [-0.3, -0.25) is 4.79 Å². The number of carboxylic acid groups (broad SMARTS) is 1. The first-order valence-electron chi connectivity index (χ1n) is 4.90. The molecule has 1 rings (SSSR count). The van der Waals surface area contributed by atoms with Gasteiger partial charge in [-0.15, -0.1) is 0 Å². The molecule has 0 spiro atoms. The number of aliphatic carboxylic acids is 1. The average molecular weight is 210 g/mol. The van der Waals surface area contributed by atoms with Crippen molar-refractivity contribution in [2.75, 3.05) is 0 Å². The highest BCUT2D eigenvalue weighted by atomic mass is 19.1. The Morgan fingerprint density at radius 3 is 2.53 bits per heavy atom. The molecule has 2 nitrogen and oxygen atoms in total. The smallest absolute Gasteiger partial charge is 0.303 e. The van der Waals surface area contributed by atoms with Crippen molar-refractivity contribution in [3.63, 3.8) is 0 Å². The van der Waals surface area contributed by atoms with Gasteiger partial charge in [-0.05, 0) is 42.5 Å². The summed E-state index contributed by atoms with van der Waals surface area (Å²) in [5, 5.41) is 8.67. The van der Waals surface area contributed by atoms with Crippen LogP contribution >= 0.6 is 0 Å². The number of hydrogen-bond donors (Lipinski definition) is 1. The number of carboxylic acids is 1. The number of rotatable bonds is 3. The minimum Gasteiger partial charge on any atom is -0.481 e. The van der Waals surface area contributed by atoms with Crippen LogP contribution in [-0.2, 0) is 4.79 Å². The summed E-state index contributed by atoms with van der Waals surface area (Å²) in [7, 11) is 0. The summed E-state index contributed by atoms with van der Waals surface area (Å²) in [5.74, 6) is -1.28. The average Bonchev–Trinajstić information content (AvgIpc) is 2.09. The Hall–Kier alpha value is -1.38. The van der Waals surface area contributed by atoms with Crippen molar-refractivity contribution >= 4 is 5.97 Å². The topological polar surface area (TPSA) is 37.3 Å². The normalized spacial score (nSPS) is 12.5. The number of halogens is 1. The van der Waals surface area contributed by atoms with E-state index in [4.69, 9.17) is 5.11 Å². The van der Waals surface area contributed by atoms with Gasteiger partial charge in [-0.1, -0.05) is 13.0 Å². The second-order valence-electron chi connectivity index (χ2n) is 3.96. The number of aryl methyl sites for hydroxylation is 2. The molecule has 82 valence electrons. The molecule has 0 fully saturated rings. The quantitative estimate of drug-likeness (QED) is 0.832. The van der Waals surface area contributed by atoms with Crippen LogP contribution in [0.15, 0.2) is 12.1 Å². The predicted molar refractivity (Wildman–Crippen MR) is 56.5 cm³/mol. The Morgan fingerprint density at radius 1 is 1.40 bits per heavy atom. The van der Waals surface area contributed by atoms with Crippen molar-refractivity contribution in [1.29, 1.82) is 0 Å². The molecule has 1 aromatic carbocycles. The summed E-state index contributed by atoms with van der Waals surface area (Å²) in [5.41, 5.74) is 2.32. The second-order valence-corrected chi connectivity index (χ2v) is 3.96. The van der Waals surface area contributed by atoms with Gasteiger partial charge in [-0.2, -0.15) is 0 Å². The van der Waals surface area contributed by atoms with Gasteiger partial charge in [0.05, 0.1) is 6.42 Å². The van der Waals surface area contributed by atoms with Crippen LogP contribution in [0.4, 0.5) is 4.39 Å². The zero-order valence-corrected chi connectivity index (χ0v) is 9.17. The van der Waals surface area contributed by atoms with Gasteiger partial charge in [-0.25, -0.2) is 4.39 Å². The highest BCUT2D eigenvalue weighted by molar-refractivity contribution is 5.68. The minimum atomic E-state index is -0.858. The molecule has 3 heteroatoms. The lowest BCUT2D eigenvalue weighted by atomic mass is 9.92. The highest BCUT2D eigenvalue weighted by Crippen LogP contribution is 2.25. The van der Waals surface area contributed by atoms with Gasteiger partial charge in [0.1, 0.15) is 5.82 Å². The standard InChI is InChI=1S/C12H15FO2/c1-7-4-9(3)11(13)6-10(7)8(2)5-12(14)15/h4,6,8H,5H2,1-3H3,(H,14,15). The highest BCUT2D eigenvalue weighted by Gasteiger charge is 2.14. The lowest BCUT2D eigenvalue weighted by Gasteiger charge is -2.13. The molecular formula is C12H15FO2. The number of carbonyl (C=O) groups is 1. The Labute approximate surface area is 88.7 Å². The lowest BCUT2D eigenvalue weighted by molar-refractivity contribution is -0.137. The van der Waals surface area contributed by atoms with Gasteiger partial charge >= 0.3 is 5.97 Å². The number of hydrogen-bond acceptors (Lipinski definition) is 1. The van der Waals surface area contributed by atoms with Crippen LogP contribution in [0.3, 0.4) is 0 Å². The van der Waals surface area contributed by atoms with Gasteiger partial charge < -0.3 is 5.11 Å². The van der Waals surface area contributed by atoms with E-state index in [2.05, 4.69) is 0 Å². The van der Waals surface area contributed by atoms with Gasteiger partial charge in [0.15, 0.2) is 0 Å². The fraction of sp³-hybridized carbons (Fsp3) is 0.417. The third kappa shape index (κ3) is 2.78. The maximum absolute atomic E-state index is 13.3. The zero-order valence-electron chi connectivity index (χ0n) is 9.17. The van der Waals surface area contributed by atoms with Crippen LogP contribution in [0, 0.1) is 19.7 Å². The molecule has 1 aromatic rings. The Morgan fingerprint density at radius 2 is 2.00 bits per heavy atom. The first kappa shape index (κ1) is 11.7. The first-order valence-corrected chi connectivity index (χ1v) is 4.90. The molecule has 0 aliphatic rings. The van der Waals surface area contributed by atoms with Gasteiger partial charge in [0.25, 0.3) is 0 Å². The summed E-state index contributed by atoms with van der Waals surface area (Å²) in [6.07, 6.45) is 0.0311. The molecule has 0 aliphatic heterocycles. The van der Waals surface area contributed by atoms with E-state index in [-0.39, 0.29) is 18.2 Å². The summed E-state index contributed by atoms with van der Waals surface area (Å²) in [6, 6.07) is 3.20. The third-order valence-corrected chi connectivity index (χ3v) is 2.56. The molecule has 1 unspecified atom stereocenters. The van der Waals surface area contributed by atoms with E-state index in [0.29, 0.717) is 5.56 Å². The first-order chi connectivity index (χ1) is 6.91. The SMILES string of the molecule is Cc1cc(C)c(C(C)CC(=O)O)cc1F. The maximum atomic E-state index is 13.3. The van der Waals surface area contributed by atoms with E-state index < -0.39 is 5.97 Å². The van der Waals surface area contributed by atoms with Crippen molar-refractivity contribution in [3.8, 4) is 0 Å². The summed E-state index contributed by atoms with van der Waals surface area (Å²) < 4.78 is 13.3. The van der Waals surface area contributed by atoms with Crippen LogP contribution in [0.2, 0.25) is 0 Å². The predicted octanol–water partition coefficient (Wildman–Crippen LogP) is 3.02. The van der Waals surface area contributed by atoms with Crippen molar-refractivity contribution < 1.29 is 14.3 Å². The van der Waals surface area contributed by atoms with E-state index >= 15 is 0 Å². The summed E-state index contributed by atoms with van der Waals surface area (Å²) in [6.45, 7) is 5.37. The Balaban J connectivity index is 3.03. The monoisotopic (exact) mass is 210 g/mol. The largest absolute Gasteiger partial charge is 0.481 e. The van der Waals surface area contributed by atoms with Crippen LogP contribution in [-0.4, -0.2) is 11.1 Å². The maximum Gasteiger partial charge on any atom is 0.303 e. The molecular weight excluding hydrogens is 195 g/mol. The van der Waals surface area contributed by atoms with Crippen LogP contribution in [0.5, 0.6) is 0 Å². The summed E-state index contributed by atoms with van der Waals surface area (Å²) >= 11 is 0. The Bertz CT molecular complexity index is 385. The van der Waals surface area contributed by atoms with E-state index in [1.165, 1.54) is 6.07 Å². The molecule has 0 amide bonds. The number of benzene rings is 1. The minimum absolute atomic E-state index is 0.0311. The van der Waals surface area contributed by atoms with Crippen LogP contribution in [0.25, 0.3) is 0 Å². The van der Waals surface area contributed by atoms with Crippen molar-refractivity contribution in [2.24, 2.45) is 0 Å². The van der Waals surface area contributed by atoms with Crippen molar-refractivity contribution in [1.82, 2.24) is 0 Å². The molecule has 0 bridgehead atoms.